The molecule has 9 heteroatoms. The standard InChI is InChI=1S/C12H10Cl4N2O2S/c1-6(2)10-11(21(16,19)20)12(15)18(17-10)7-3-4-8(13)9(14)5-7/h3-6H,1-2H3. The van der Waals surface area contributed by atoms with Crippen LogP contribution in [0.3, 0.4) is 0 Å². The van der Waals surface area contributed by atoms with Crippen molar-refractivity contribution in [1.82, 2.24) is 9.78 Å². The summed E-state index contributed by atoms with van der Waals surface area (Å²) in [6.07, 6.45) is 0. The minimum Gasteiger partial charge on any atom is -0.220 e. The van der Waals surface area contributed by atoms with Gasteiger partial charge in [0, 0.05) is 10.7 Å². The molecule has 114 valence electrons. The molecule has 4 nitrogen and oxygen atoms in total. The van der Waals surface area contributed by atoms with Crippen molar-refractivity contribution in [3.63, 3.8) is 0 Å². The van der Waals surface area contributed by atoms with E-state index in [2.05, 4.69) is 5.10 Å². The third-order valence-corrected chi connectivity index (χ3v) is 5.31. The first-order chi connectivity index (χ1) is 9.62. The summed E-state index contributed by atoms with van der Waals surface area (Å²) in [5.41, 5.74) is 0.781. The van der Waals surface area contributed by atoms with Crippen LogP contribution in [-0.2, 0) is 9.05 Å². The van der Waals surface area contributed by atoms with Gasteiger partial charge in [0.15, 0.2) is 5.15 Å². The molecule has 0 aliphatic heterocycles. The zero-order chi connectivity index (χ0) is 15.9. The normalized spacial score (nSPS) is 12.1. The van der Waals surface area contributed by atoms with Crippen LogP contribution in [0.15, 0.2) is 23.1 Å². The molecule has 0 amide bonds. The van der Waals surface area contributed by atoms with Crippen molar-refractivity contribution in [2.75, 3.05) is 0 Å². The molecule has 21 heavy (non-hydrogen) atoms. The molecule has 0 aliphatic carbocycles. The quantitative estimate of drug-likeness (QED) is 0.705. The van der Waals surface area contributed by atoms with Crippen LogP contribution in [0, 0.1) is 0 Å². The molecule has 0 aliphatic rings. The van der Waals surface area contributed by atoms with E-state index in [9.17, 15) is 8.42 Å². The average molecular weight is 388 g/mol. The number of aromatic nitrogens is 2. The fourth-order valence-corrected chi connectivity index (χ4v) is 4.01. The van der Waals surface area contributed by atoms with E-state index in [4.69, 9.17) is 45.5 Å². The molecule has 0 unspecified atom stereocenters. The van der Waals surface area contributed by atoms with Gasteiger partial charge in [-0.3, -0.25) is 0 Å². The molecule has 0 bridgehead atoms. The van der Waals surface area contributed by atoms with Gasteiger partial charge in [-0.05, 0) is 24.1 Å². The smallest absolute Gasteiger partial charge is 0.220 e. The molecule has 2 rings (SSSR count). The van der Waals surface area contributed by atoms with Crippen LogP contribution in [0.5, 0.6) is 0 Å². The molecule has 1 aromatic heterocycles. The van der Waals surface area contributed by atoms with Gasteiger partial charge in [0.25, 0.3) is 9.05 Å². The van der Waals surface area contributed by atoms with Gasteiger partial charge < -0.3 is 0 Å². The van der Waals surface area contributed by atoms with Crippen molar-refractivity contribution in [2.24, 2.45) is 0 Å². The lowest BCUT2D eigenvalue weighted by Gasteiger charge is -2.04. The Morgan fingerprint density at radius 1 is 1.14 bits per heavy atom. The summed E-state index contributed by atoms with van der Waals surface area (Å²) in [7, 11) is 1.44. The maximum absolute atomic E-state index is 11.7. The molecule has 0 saturated heterocycles. The first-order valence-electron chi connectivity index (χ1n) is 5.81. The molecule has 0 radical (unpaired) electrons. The number of rotatable bonds is 3. The average Bonchev–Trinajstić information content (AvgIpc) is 2.70. The van der Waals surface area contributed by atoms with Crippen LogP contribution in [-0.4, -0.2) is 18.2 Å². The van der Waals surface area contributed by atoms with E-state index < -0.39 is 9.05 Å². The van der Waals surface area contributed by atoms with Gasteiger partial charge in [-0.15, -0.1) is 0 Å². The Morgan fingerprint density at radius 2 is 1.76 bits per heavy atom. The molecule has 0 atom stereocenters. The molecule has 0 saturated carbocycles. The number of halogens is 4. The van der Waals surface area contributed by atoms with Crippen molar-refractivity contribution in [2.45, 2.75) is 24.7 Å². The van der Waals surface area contributed by atoms with Crippen LogP contribution < -0.4 is 0 Å². The molecular weight excluding hydrogens is 378 g/mol. The number of benzene rings is 1. The van der Waals surface area contributed by atoms with E-state index in [1.54, 1.807) is 26.0 Å². The Bertz CT molecular complexity index is 800. The Balaban J connectivity index is 2.74. The van der Waals surface area contributed by atoms with Crippen molar-refractivity contribution in [1.29, 1.82) is 0 Å². The number of hydrogen-bond acceptors (Lipinski definition) is 3. The highest BCUT2D eigenvalue weighted by atomic mass is 35.7. The minimum atomic E-state index is -4.02. The van der Waals surface area contributed by atoms with E-state index in [1.807, 2.05) is 0 Å². The lowest BCUT2D eigenvalue weighted by atomic mass is 10.1. The van der Waals surface area contributed by atoms with E-state index >= 15 is 0 Å². The van der Waals surface area contributed by atoms with Crippen LogP contribution in [0.4, 0.5) is 0 Å². The van der Waals surface area contributed by atoms with Gasteiger partial charge in [0.1, 0.15) is 4.90 Å². The van der Waals surface area contributed by atoms with Crippen molar-refractivity contribution in [3.05, 3.63) is 39.1 Å². The van der Waals surface area contributed by atoms with Crippen LogP contribution >= 0.6 is 45.5 Å². The molecule has 0 spiro atoms. The fraction of sp³-hybridized carbons (Fsp3) is 0.250. The van der Waals surface area contributed by atoms with Crippen molar-refractivity contribution in [3.8, 4) is 5.69 Å². The minimum absolute atomic E-state index is 0.0907. The highest BCUT2D eigenvalue weighted by molar-refractivity contribution is 8.13. The van der Waals surface area contributed by atoms with E-state index in [0.29, 0.717) is 21.4 Å². The Labute approximate surface area is 142 Å². The summed E-state index contributed by atoms with van der Waals surface area (Å²) in [6, 6.07) is 4.74. The summed E-state index contributed by atoms with van der Waals surface area (Å²) in [6.45, 7) is 3.59. The van der Waals surface area contributed by atoms with Gasteiger partial charge in [-0.1, -0.05) is 48.7 Å². The van der Waals surface area contributed by atoms with Gasteiger partial charge >= 0.3 is 0 Å². The lowest BCUT2D eigenvalue weighted by Crippen LogP contribution is -1.98. The molecule has 1 aromatic carbocycles. The third-order valence-electron chi connectivity index (χ3n) is 2.75. The fourth-order valence-electron chi connectivity index (χ4n) is 1.79. The predicted octanol–water partition coefficient (Wildman–Crippen LogP) is 4.88. The SMILES string of the molecule is CC(C)c1nn(-c2ccc(Cl)c(Cl)c2)c(Cl)c1S(=O)(=O)Cl. The second kappa shape index (κ2) is 5.97. The van der Waals surface area contributed by atoms with Gasteiger partial charge in [0.05, 0.1) is 21.4 Å². The highest BCUT2D eigenvalue weighted by Crippen LogP contribution is 2.35. The molecule has 0 fully saturated rings. The van der Waals surface area contributed by atoms with Crippen LogP contribution in [0.2, 0.25) is 15.2 Å². The van der Waals surface area contributed by atoms with E-state index in [-0.39, 0.29) is 16.0 Å². The lowest BCUT2D eigenvalue weighted by molar-refractivity contribution is 0.607. The number of nitrogens with zero attached hydrogens (tertiary/aromatic N) is 2. The topological polar surface area (TPSA) is 52.0 Å². The van der Waals surface area contributed by atoms with Gasteiger partial charge in [-0.2, -0.15) is 5.10 Å². The van der Waals surface area contributed by atoms with Crippen molar-refractivity contribution >= 4 is 54.5 Å². The first-order valence-corrected chi connectivity index (χ1v) is 9.25. The molecule has 1 heterocycles. The van der Waals surface area contributed by atoms with E-state index in [0.717, 1.165) is 0 Å². The predicted molar refractivity (Wildman–Crippen MR) is 85.7 cm³/mol. The monoisotopic (exact) mass is 386 g/mol. The second-order valence-electron chi connectivity index (χ2n) is 4.61. The first kappa shape index (κ1) is 16.9. The zero-order valence-electron chi connectivity index (χ0n) is 10.9. The van der Waals surface area contributed by atoms with E-state index in [1.165, 1.54) is 10.7 Å². The Kier molecular flexibility index (Phi) is 4.81. The molecule has 0 N–H and O–H groups in total. The summed E-state index contributed by atoms with van der Waals surface area (Å²) in [4.78, 5) is -0.188. The Morgan fingerprint density at radius 3 is 2.19 bits per heavy atom. The maximum atomic E-state index is 11.7. The van der Waals surface area contributed by atoms with Crippen molar-refractivity contribution < 1.29 is 8.42 Å². The second-order valence-corrected chi connectivity index (χ2v) is 8.28. The third kappa shape index (κ3) is 3.32. The van der Waals surface area contributed by atoms with Crippen LogP contribution in [0.1, 0.15) is 25.5 Å². The Hall–Kier alpha value is -0.460. The molecule has 2 aromatic rings. The maximum Gasteiger partial charge on any atom is 0.266 e. The summed E-state index contributed by atoms with van der Waals surface area (Å²) < 4.78 is 24.7. The zero-order valence-corrected chi connectivity index (χ0v) is 14.8. The van der Waals surface area contributed by atoms with Gasteiger partial charge in [0.2, 0.25) is 0 Å². The summed E-state index contributed by atoms with van der Waals surface area (Å²) in [5.74, 6) is -0.171. The summed E-state index contributed by atoms with van der Waals surface area (Å²) in [5, 5.41) is 4.83. The number of hydrogen-bond donors (Lipinski definition) is 0. The van der Waals surface area contributed by atoms with Gasteiger partial charge in [-0.25, -0.2) is 13.1 Å². The summed E-state index contributed by atoms with van der Waals surface area (Å²) >= 11 is 18.0. The molecular formula is C12H10Cl4N2O2S. The highest BCUT2D eigenvalue weighted by Gasteiger charge is 2.28. The van der Waals surface area contributed by atoms with Crippen LogP contribution in [0.25, 0.3) is 5.69 Å². The largest absolute Gasteiger partial charge is 0.266 e.